The number of ether oxygens (including phenoxy) is 1. The van der Waals surface area contributed by atoms with Crippen LogP contribution in [0.15, 0.2) is 0 Å². The molecular weight excluding hydrogens is 174 g/mol. The minimum atomic E-state index is -0.830. The highest BCUT2D eigenvalue weighted by molar-refractivity contribution is 5.66. The Bertz CT molecular complexity index is 193. The van der Waals surface area contributed by atoms with Gasteiger partial charge < -0.3 is 4.74 Å². The Morgan fingerprint density at radius 3 is 2.46 bits per heavy atom. The molecule has 13 heavy (non-hydrogen) atoms. The number of rotatable bonds is 5. The molecule has 0 aliphatic carbocycles. The van der Waals surface area contributed by atoms with E-state index in [9.17, 15) is 14.9 Å². The van der Waals surface area contributed by atoms with E-state index in [1.807, 2.05) is 6.92 Å². The fourth-order valence-corrected chi connectivity index (χ4v) is 1.03. The fraction of sp³-hybridized carbons (Fsp3) is 0.875. The lowest BCUT2D eigenvalue weighted by Crippen LogP contribution is -2.34. The summed E-state index contributed by atoms with van der Waals surface area (Å²) < 4.78 is 4.83. The third kappa shape index (κ3) is 4.45. The summed E-state index contributed by atoms with van der Waals surface area (Å²) in [6.07, 6.45) is 0.690. The van der Waals surface area contributed by atoms with Crippen molar-refractivity contribution in [3.8, 4) is 0 Å². The Hall–Kier alpha value is -1.13. The molecule has 76 valence electrons. The molecule has 0 aromatic heterocycles. The fourth-order valence-electron chi connectivity index (χ4n) is 1.03. The van der Waals surface area contributed by atoms with E-state index in [-0.39, 0.29) is 0 Å². The van der Waals surface area contributed by atoms with Gasteiger partial charge in [0.25, 0.3) is 0 Å². The Morgan fingerprint density at radius 1 is 1.62 bits per heavy atom. The number of nitrogens with zero attached hydrogens (tertiary/aromatic N) is 1. The highest BCUT2D eigenvalue weighted by Crippen LogP contribution is 2.09. The number of carbonyl (C=O) groups excluding carboxylic acids is 1. The van der Waals surface area contributed by atoms with Crippen molar-refractivity contribution in [2.45, 2.75) is 45.8 Å². The van der Waals surface area contributed by atoms with Crippen molar-refractivity contribution >= 4 is 5.97 Å². The van der Waals surface area contributed by atoms with Gasteiger partial charge in [-0.1, -0.05) is 13.3 Å². The summed E-state index contributed by atoms with van der Waals surface area (Å²) in [5.74, 6) is -0.466. The van der Waals surface area contributed by atoms with E-state index in [4.69, 9.17) is 4.74 Å². The molecule has 0 spiro atoms. The van der Waals surface area contributed by atoms with Crippen LogP contribution in [0.2, 0.25) is 0 Å². The second kappa shape index (κ2) is 5.50. The van der Waals surface area contributed by atoms with Crippen molar-refractivity contribution in [2.24, 2.45) is 0 Å². The molecule has 0 saturated heterocycles. The molecule has 0 aliphatic rings. The van der Waals surface area contributed by atoms with Crippen molar-refractivity contribution in [1.82, 2.24) is 0 Å². The lowest BCUT2D eigenvalue weighted by atomic mass is 10.1. The normalized spacial score (nSPS) is 14.7. The Balaban J connectivity index is 4.22. The molecule has 0 heterocycles. The van der Waals surface area contributed by atoms with Crippen molar-refractivity contribution in [3.63, 3.8) is 0 Å². The predicted octanol–water partition coefficient (Wildman–Crippen LogP) is 1.38. The molecule has 0 saturated carbocycles. The summed E-state index contributed by atoms with van der Waals surface area (Å²) >= 11 is 0. The first-order valence-electron chi connectivity index (χ1n) is 4.29. The summed E-state index contributed by atoms with van der Waals surface area (Å²) in [5, 5.41) is 10.4. The molecule has 5 nitrogen and oxygen atoms in total. The third-order valence-corrected chi connectivity index (χ3v) is 1.76. The average Bonchev–Trinajstić information content (AvgIpc) is 2.01. The molecule has 0 bridgehead atoms. The molecule has 0 N–H and O–H groups in total. The second-order valence-electron chi connectivity index (χ2n) is 2.96. The van der Waals surface area contributed by atoms with Gasteiger partial charge in [0, 0.05) is 18.8 Å². The maximum absolute atomic E-state index is 10.6. The first-order chi connectivity index (χ1) is 5.99. The largest absolute Gasteiger partial charge is 0.455 e. The van der Waals surface area contributed by atoms with Crippen LogP contribution in [-0.4, -0.2) is 23.0 Å². The van der Waals surface area contributed by atoms with Gasteiger partial charge in [0.05, 0.1) is 0 Å². The Labute approximate surface area is 77.2 Å². The van der Waals surface area contributed by atoms with E-state index in [0.717, 1.165) is 6.42 Å². The quantitative estimate of drug-likeness (QED) is 0.372. The van der Waals surface area contributed by atoms with Crippen LogP contribution in [0.4, 0.5) is 0 Å². The molecule has 0 amide bonds. The lowest BCUT2D eigenvalue weighted by Gasteiger charge is -2.16. The minimum absolute atomic E-state index is 0.427. The maximum Gasteiger partial charge on any atom is 0.303 e. The van der Waals surface area contributed by atoms with E-state index in [1.54, 1.807) is 0 Å². The SMILES string of the molecule is CCCC(OC(C)=O)C(C)[N+](=O)[O-]. The van der Waals surface area contributed by atoms with Gasteiger partial charge >= 0.3 is 5.97 Å². The van der Waals surface area contributed by atoms with Crippen molar-refractivity contribution in [1.29, 1.82) is 0 Å². The number of hydrogen-bond acceptors (Lipinski definition) is 4. The van der Waals surface area contributed by atoms with Crippen molar-refractivity contribution < 1.29 is 14.5 Å². The summed E-state index contributed by atoms with van der Waals surface area (Å²) in [5.41, 5.74) is 0. The van der Waals surface area contributed by atoms with E-state index in [2.05, 4.69) is 0 Å². The summed E-state index contributed by atoms with van der Waals surface area (Å²) in [4.78, 5) is 20.6. The zero-order valence-electron chi connectivity index (χ0n) is 8.15. The highest BCUT2D eigenvalue weighted by Gasteiger charge is 2.28. The highest BCUT2D eigenvalue weighted by atomic mass is 16.6. The van der Waals surface area contributed by atoms with Crippen LogP contribution >= 0.6 is 0 Å². The van der Waals surface area contributed by atoms with E-state index < -0.39 is 23.0 Å². The zero-order valence-corrected chi connectivity index (χ0v) is 8.15. The minimum Gasteiger partial charge on any atom is -0.455 e. The van der Waals surface area contributed by atoms with Crippen LogP contribution in [0.5, 0.6) is 0 Å². The smallest absolute Gasteiger partial charge is 0.303 e. The predicted molar refractivity (Wildman–Crippen MR) is 46.9 cm³/mol. The molecule has 2 atom stereocenters. The zero-order chi connectivity index (χ0) is 10.4. The van der Waals surface area contributed by atoms with E-state index >= 15 is 0 Å². The van der Waals surface area contributed by atoms with Crippen LogP contribution in [-0.2, 0) is 9.53 Å². The summed E-state index contributed by atoms with van der Waals surface area (Å²) in [7, 11) is 0. The Morgan fingerprint density at radius 2 is 2.15 bits per heavy atom. The van der Waals surface area contributed by atoms with Crippen LogP contribution in [0.3, 0.4) is 0 Å². The van der Waals surface area contributed by atoms with Crippen LogP contribution < -0.4 is 0 Å². The molecule has 0 radical (unpaired) electrons. The molecule has 0 aromatic carbocycles. The van der Waals surface area contributed by atoms with Gasteiger partial charge in [-0.25, -0.2) is 0 Å². The van der Waals surface area contributed by atoms with Gasteiger partial charge in [-0.15, -0.1) is 0 Å². The van der Waals surface area contributed by atoms with Crippen LogP contribution in [0.1, 0.15) is 33.6 Å². The molecular formula is C8H15NO4. The molecule has 5 heteroatoms. The van der Waals surface area contributed by atoms with Gasteiger partial charge in [0.15, 0.2) is 6.10 Å². The van der Waals surface area contributed by atoms with Gasteiger partial charge in [-0.3, -0.25) is 14.9 Å². The second-order valence-corrected chi connectivity index (χ2v) is 2.96. The molecule has 0 aromatic rings. The average molecular weight is 189 g/mol. The van der Waals surface area contributed by atoms with Gasteiger partial charge in [-0.2, -0.15) is 0 Å². The van der Waals surface area contributed by atoms with E-state index in [1.165, 1.54) is 13.8 Å². The van der Waals surface area contributed by atoms with Crippen molar-refractivity contribution in [2.75, 3.05) is 0 Å². The lowest BCUT2D eigenvalue weighted by molar-refractivity contribution is -0.529. The van der Waals surface area contributed by atoms with Crippen molar-refractivity contribution in [3.05, 3.63) is 10.1 Å². The third-order valence-electron chi connectivity index (χ3n) is 1.76. The number of carbonyl (C=O) groups is 1. The molecule has 2 unspecified atom stereocenters. The molecule has 0 fully saturated rings. The first-order valence-corrected chi connectivity index (χ1v) is 4.29. The number of nitro groups is 1. The number of esters is 1. The van der Waals surface area contributed by atoms with Crippen LogP contribution in [0.25, 0.3) is 0 Å². The standard InChI is InChI=1S/C8H15NO4/c1-4-5-8(13-7(3)10)6(2)9(11)12/h6,8H,4-5H2,1-3H3. The molecule has 0 aliphatic heterocycles. The van der Waals surface area contributed by atoms with Crippen LogP contribution in [0, 0.1) is 10.1 Å². The maximum atomic E-state index is 10.6. The first kappa shape index (κ1) is 11.9. The monoisotopic (exact) mass is 189 g/mol. The summed E-state index contributed by atoms with van der Waals surface area (Å²) in [6.45, 7) is 4.60. The molecule has 0 rings (SSSR count). The van der Waals surface area contributed by atoms with Gasteiger partial charge in [-0.05, 0) is 6.42 Å². The topological polar surface area (TPSA) is 69.4 Å². The van der Waals surface area contributed by atoms with Gasteiger partial charge in [0.2, 0.25) is 6.04 Å². The van der Waals surface area contributed by atoms with Gasteiger partial charge in [0.1, 0.15) is 0 Å². The summed E-state index contributed by atoms with van der Waals surface area (Å²) in [6, 6.07) is -0.830. The number of hydrogen-bond donors (Lipinski definition) is 0. The van der Waals surface area contributed by atoms with E-state index in [0.29, 0.717) is 6.42 Å². The Kier molecular flexibility index (Phi) is 5.03.